The molecule has 6 atom stereocenters. The summed E-state index contributed by atoms with van der Waals surface area (Å²) in [5, 5.41) is 10.5. The van der Waals surface area contributed by atoms with Crippen molar-refractivity contribution in [2.45, 2.75) is 348 Å². The van der Waals surface area contributed by atoms with Gasteiger partial charge >= 0.3 is 39.5 Å². The van der Waals surface area contributed by atoms with E-state index < -0.39 is 97.5 Å². The van der Waals surface area contributed by atoms with Crippen LogP contribution in [-0.4, -0.2) is 96.7 Å². The number of aliphatic hydroxyl groups excluding tert-OH is 1. The number of hydrogen-bond donors (Lipinski definition) is 3. The van der Waals surface area contributed by atoms with E-state index in [-0.39, 0.29) is 25.7 Å². The average molecular weight is 1240 g/mol. The second-order valence-electron chi connectivity index (χ2n) is 23.7. The Morgan fingerprint density at radius 1 is 0.333 bits per heavy atom. The molecule has 19 heteroatoms. The lowest BCUT2D eigenvalue weighted by Crippen LogP contribution is -2.30. The largest absolute Gasteiger partial charge is 0.472 e. The first kappa shape index (κ1) is 82.1. The molecule has 0 aliphatic rings. The predicted octanol–water partition coefficient (Wildman–Crippen LogP) is 18.2. The normalized spacial score (nSPS) is 14.5. The summed E-state index contributed by atoms with van der Waals surface area (Å²) in [7, 11) is -9.88. The molecule has 0 bridgehead atoms. The van der Waals surface area contributed by atoms with Crippen molar-refractivity contribution in [3.8, 4) is 0 Å². The molecule has 0 aliphatic heterocycles. The van der Waals surface area contributed by atoms with Crippen LogP contribution in [0.1, 0.15) is 330 Å². The number of phosphoric acid groups is 2. The fourth-order valence-corrected chi connectivity index (χ4v) is 11.3. The van der Waals surface area contributed by atoms with Gasteiger partial charge in [-0.15, -0.1) is 0 Å². The van der Waals surface area contributed by atoms with E-state index in [9.17, 15) is 43.2 Å². The lowest BCUT2D eigenvalue weighted by atomic mass is 10.00. The van der Waals surface area contributed by atoms with Crippen LogP contribution in [0.3, 0.4) is 0 Å². The molecule has 0 aromatic rings. The van der Waals surface area contributed by atoms with Crippen molar-refractivity contribution in [3.63, 3.8) is 0 Å². The monoisotopic (exact) mass is 1240 g/mol. The first-order chi connectivity index (χ1) is 40.6. The highest BCUT2D eigenvalue weighted by atomic mass is 31.2. The van der Waals surface area contributed by atoms with E-state index in [2.05, 4.69) is 34.6 Å². The van der Waals surface area contributed by atoms with E-state index >= 15 is 0 Å². The second kappa shape index (κ2) is 58.7. The Kier molecular flexibility index (Phi) is 57.4. The third-order valence-corrected chi connectivity index (χ3v) is 17.3. The molecule has 17 nitrogen and oxygen atoms in total. The van der Waals surface area contributed by atoms with Gasteiger partial charge in [0.1, 0.15) is 19.3 Å². The lowest BCUT2D eigenvalue weighted by molar-refractivity contribution is -0.161. The Bertz CT molecular complexity index is 1640. The molecule has 0 amide bonds. The van der Waals surface area contributed by atoms with Gasteiger partial charge in [0.15, 0.2) is 12.2 Å². The van der Waals surface area contributed by atoms with Crippen LogP contribution in [-0.2, 0) is 65.4 Å². The minimum absolute atomic E-state index is 0.102. The van der Waals surface area contributed by atoms with Gasteiger partial charge in [-0.05, 0) is 31.6 Å². The minimum atomic E-state index is -4.94. The number of rotatable bonds is 65. The summed E-state index contributed by atoms with van der Waals surface area (Å²) in [4.78, 5) is 72.0. The molecular weight excluding hydrogens is 1110 g/mol. The zero-order chi connectivity index (χ0) is 62.0. The van der Waals surface area contributed by atoms with Crippen molar-refractivity contribution in [2.24, 2.45) is 5.92 Å². The SMILES string of the molecule is CCCCCCCCCCCCCCCCCCCC(=O)O[C@H](COC(=O)CCCCCCCCCCCCCC)COP(=O)(O)OC[C@@H](O)COP(=O)(O)OC[C@@H](COC(=O)CCCCCCC)OC(=O)CCCCCCCCC(C)CC. The second-order valence-corrected chi connectivity index (χ2v) is 26.7. The fourth-order valence-electron chi connectivity index (χ4n) is 9.73. The van der Waals surface area contributed by atoms with Crippen LogP contribution in [0.4, 0.5) is 0 Å². The number of ether oxygens (including phenoxy) is 4. The summed E-state index contributed by atoms with van der Waals surface area (Å²) >= 11 is 0. The third kappa shape index (κ3) is 57.8. The van der Waals surface area contributed by atoms with Crippen LogP contribution in [0.15, 0.2) is 0 Å². The van der Waals surface area contributed by atoms with Crippen LogP contribution in [0.2, 0.25) is 0 Å². The number of aliphatic hydroxyl groups is 1. The number of esters is 4. The smallest absolute Gasteiger partial charge is 0.462 e. The Labute approximate surface area is 511 Å². The first-order valence-corrected chi connectivity index (χ1v) is 37.2. The number of carbonyl (C=O) groups is 4. The molecule has 0 aromatic heterocycles. The highest BCUT2D eigenvalue weighted by Gasteiger charge is 2.30. The van der Waals surface area contributed by atoms with Gasteiger partial charge in [-0.1, -0.05) is 279 Å². The van der Waals surface area contributed by atoms with Gasteiger partial charge in [-0.25, -0.2) is 9.13 Å². The zero-order valence-corrected chi connectivity index (χ0v) is 55.8. The summed E-state index contributed by atoms with van der Waals surface area (Å²) in [6.07, 6.45) is 43.5. The van der Waals surface area contributed by atoms with Crippen LogP contribution < -0.4 is 0 Å². The number of phosphoric ester groups is 2. The average Bonchev–Trinajstić information content (AvgIpc) is 3.61. The maximum Gasteiger partial charge on any atom is 0.472 e. The van der Waals surface area contributed by atoms with Crippen LogP contribution in [0, 0.1) is 5.92 Å². The topological polar surface area (TPSA) is 237 Å². The van der Waals surface area contributed by atoms with Gasteiger partial charge in [-0.3, -0.25) is 37.3 Å². The van der Waals surface area contributed by atoms with E-state index in [0.29, 0.717) is 25.7 Å². The lowest BCUT2D eigenvalue weighted by Gasteiger charge is -2.21. The van der Waals surface area contributed by atoms with Gasteiger partial charge in [0.2, 0.25) is 0 Å². The number of carbonyl (C=O) groups excluding carboxylic acids is 4. The zero-order valence-electron chi connectivity index (χ0n) is 54.0. The van der Waals surface area contributed by atoms with Gasteiger partial charge < -0.3 is 33.8 Å². The maximum absolute atomic E-state index is 13.0. The molecule has 0 aromatic carbocycles. The van der Waals surface area contributed by atoms with Crippen molar-refractivity contribution < 1.29 is 80.2 Å². The van der Waals surface area contributed by atoms with Crippen molar-refractivity contribution >= 4 is 39.5 Å². The Balaban J connectivity index is 5.16. The van der Waals surface area contributed by atoms with Crippen molar-refractivity contribution in [1.29, 1.82) is 0 Å². The van der Waals surface area contributed by atoms with Gasteiger partial charge in [0.25, 0.3) is 0 Å². The van der Waals surface area contributed by atoms with E-state index in [0.717, 1.165) is 102 Å². The van der Waals surface area contributed by atoms with Crippen molar-refractivity contribution in [3.05, 3.63) is 0 Å². The van der Waals surface area contributed by atoms with E-state index in [1.54, 1.807) is 0 Å². The molecule has 0 saturated carbocycles. The van der Waals surface area contributed by atoms with E-state index in [1.807, 2.05) is 0 Å². The summed E-state index contributed by atoms with van der Waals surface area (Å²) in [5.74, 6) is -1.42. The highest BCUT2D eigenvalue weighted by Crippen LogP contribution is 2.45. The van der Waals surface area contributed by atoms with E-state index in [1.165, 1.54) is 148 Å². The minimum Gasteiger partial charge on any atom is -0.462 e. The molecule has 0 radical (unpaired) electrons. The number of unbranched alkanes of at least 4 members (excludes halogenated alkanes) is 36. The Hall–Kier alpha value is -1.94. The molecule has 0 fully saturated rings. The van der Waals surface area contributed by atoms with Crippen molar-refractivity contribution in [1.82, 2.24) is 0 Å². The molecule has 0 spiro atoms. The third-order valence-electron chi connectivity index (χ3n) is 15.4. The van der Waals surface area contributed by atoms with E-state index in [4.69, 9.17) is 37.0 Å². The fraction of sp³-hybridized carbons (Fsp3) is 0.938. The van der Waals surface area contributed by atoms with Gasteiger partial charge in [-0.2, -0.15) is 0 Å². The first-order valence-electron chi connectivity index (χ1n) is 34.2. The quantitative estimate of drug-likeness (QED) is 0.0222. The summed E-state index contributed by atoms with van der Waals surface area (Å²) < 4.78 is 67.8. The molecule has 3 N–H and O–H groups in total. The van der Waals surface area contributed by atoms with Crippen LogP contribution >= 0.6 is 15.6 Å². The molecule has 84 heavy (non-hydrogen) atoms. The predicted molar refractivity (Wildman–Crippen MR) is 335 cm³/mol. The summed E-state index contributed by atoms with van der Waals surface area (Å²) in [5.41, 5.74) is 0. The van der Waals surface area contributed by atoms with Crippen LogP contribution in [0.5, 0.6) is 0 Å². The van der Waals surface area contributed by atoms with Crippen LogP contribution in [0.25, 0.3) is 0 Å². The molecule has 498 valence electrons. The Morgan fingerprint density at radius 2 is 0.571 bits per heavy atom. The number of hydrogen-bond acceptors (Lipinski definition) is 15. The summed E-state index contributed by atoms with van der Waals surface area (Å²) in [6, 6.07) is 0. The Morgan fingerprint density at radius 3 is 0.845 bits per heavy atom. The molecule has 3 unspecified atom stereocenters. The molecular formula is C65H126O17P2. The summed E-state index contributed by atoms with van der Waals surface area (Å²) in [6.45, 7) is 7.07. The van der Waals surface area contributed by atoms with Gasteiger partial charge in [0, 0.05) is 25.7 Å². The maximum atomic E-state index is 13.0. The molecule has 0 rings (SSSR count). The molecule has 0 heterocycles. The molecule has 0 saturated heterocycles. The highest BCUT2D eigenvalue weighted by molar-refractivity contribution is 7.47. The standard InChI is InChI=1S/C65H126O17P2/c1-6-10-13-16-18-20-22-24-25-26-27-28-30-32-34-40-45-50-64(69)81-61(55-76-63(68)49-44-39-33-31-29-23-21-19-17-14-11-7-2)57-80-84(73,74)78-53-59(66)52-77-83(71,72)79-56-60(54-75-62(67)48-43-37-15-12-8-3)82-65(70)51-46-41-36-35-38-42-47-58(5)9-4/h58-61,66H,6-57H2,1-5H3,(H,71,72)(H,73,74)/t58?,59-,60+,61+/m0/s1. The molecule has 0 aliphatic carbocycles. The van der Waals surface area contributed by atoms with Crippen molar-refractivity contribution in [2.75, 3.05) is 39.6 Å². The van der Waals surface area contributed by atoms with Gasteiger partial charge in [0.05, 0.1) is 26.4 Å².